The molecule has 1 fully saturated rings. The fourth-order valence-corrected chi connectivity index (χ4v) is 9.85. The first-order valence-corrected chi connectivity index (χ1v) is 10.8. The molecular weight excluding hydrogens is 310 g/mol. The maximum atomic E-state index is 11.8. The van der Waals surface area contributed by atoms with Gasteiger partial charge < -0.3 is 14.0 Å². The highest BCUT2D eigenvalue weighted by Gasteiger charge is 2.47. The summed E-state index contributed by atoms with van der Waals surface area (Å²) in [5.74, 6) is 0. The summed E-state index contributed by atoms with van der Waals surface area (Å²) in [5, 5.41) is 0. The number of methoxy groups -OCH3 is 1. The molecule has 134 valence electrons. The number of hydrogen-bond donors (Lipinski definition) is 0. The first kappa shape index (κ1) is 20.2. The van der Waals surface area contributed by atoms with Gasteiger partial charge in [0.05, 0.1) is 13.2 Å². The molecule has 0 aromatic rings. The number of nitrogens with zero attached hydrogens (tertiary/aromatic N) is 1. The van der Waals surface area contributed by atoms with Gasteiger partial charge in [-0.25, -0.2) is 4.79 Å². The van der Waals surface area contributed by atoms with Crippen LogP contribution in [0.3, 0.4) is 0 Å². The Balaban J connectivity index is 2.92. The van der Waals surface area contributed by atoms with Gasteiger partial charge in [-0.1, -0.05) is 41.5 Å². The summed E-state index contributed by atoms with van der Waals surface area (Å²) in [6.45, 7) is 14.1. The van der Waals surface area contributed by atoms with Crippen molar-refractivity contribution in [1.82, 2.24) is 4.90 Å². The molecule has 1 amide bonds. The molecule has 0 aromatic heterocycles. The van der Waals surface area contributed by atoms with E-state index in [1.165, 1.54) is 12.0 Å². The van der Waals surface area contributed by atoms with E-state index in [-0.39, 0.29) is 6.10 Å². The molecule has 23 heavy (non-hydrogen) atoms. The molecule has 2 atom stereocenters. The normalized spacial score (nSPS) is 22.8. The Morgan fingerprint density at radius 3 is 2.04 bits per heavy atom. The Hall–Kier alpha value is -0.883. The van der Waals surface area contributed by atoms with Crippen LogP contribution in [0.5, 0.6) is 0 Å². The second kappa shape index (κ2) is 8.28. The number of carbonyl (C=O) groups is 2. The standard InChI is InChI=1S/C17H33NO4Si/c1-12(2)23(13(3)4,14(5)6)22-16-8-9-18(17(20)21-7)15(10-16)11-19/h11-16H,8-10H2,1-7H3/t15-,16+/m0/s1. The van der Waals surface area contributed by atoms with Gasteiger partial charge in [-0.15, -0.1) is 0 Å². The van der Waals surface area contributed by atoms with E-state index < -0.39 is 20.5 Å². The van der Waals surface area contributed by atoms with Crippen LogP contribution in [0.2, 0.25) is 16.6 Å². The van der Waals surface area contributed by atoms with Crippen LogP contribution in [-0.2, 0) is 14.0 Å². The molecule has 0 aliphatic carbocycles. The average molecular weight is 344 g/mol. The third kappa shape index (κ3) is 4.15. The zero-order valence-corrected chi connectivity index (χ0v) is 16.7. The lowest BCUT2D eigenvalue weighted by Gasteiger charge is -2.47. The average Bonchev–Trinajstić information content (AvgIpc) is 2.50. The lowest BCUT2D eigenvalue weighted by atomic mass is 10.0. The van der Waals surface area contributed by atoms with Gasteiger partial charge in [-0.2, -0.15) is 0 Å². The number of hydrogen-bond acceptors (Lipinski definition) is 4. The molecule has 1 aliphatic heterocycles. The van der Waals surface area contributed by atoms with Crippen molar-refractivity contribution < 1.29 is 18.8 Å². The summed E-state index contributed by atoms with van der Waals surface area (Å²) in [4.78, 5) is 24.7. The van der Waals surface area contributed by atoms with Crippen molar-refractivity contribution in [3.63, 3.8) is 0 Å². The first-order valence-electron chi connectivity index (χ1n) is 8.68. The van der Waals surface area contributed by atoms with Gasteiger partial charge >= 0.3 is 6.09 Å². The molecule has 0 spiro atoms. The van der Waals surface area contributed by atoms with Gasteiger partial charge in [0.1, 0.15) is 6.29 Å². The Morgan fingerprint density at radius 2 is 1.65 bits per heavy atom. The van der Waals surface area contributed by atoms with E-state index in [2.05, 4.69) is 41.5 Å². The van der Waals surface area contributed by atoms with Gasteiger partial charge in [0.15, 0.2) is 0 Å². The van der Waals surface area contributed by atoms with Crippen LogP contribution in [0.15, 0.2) is 0 Å². The molecular formula is C17H33NO4Si. The highest BCUT2D eigenvalue weighted by Crippen LogP contribution is 2.44. The molecule has 6 heteroatoms. The minimum Gasteiger partial charge on any atom is -0.453 e. The molecule has 5 nitrogen and oxygen atoms in total. The van der Waals surface area contributed by atoms with Crippen LogP contribution in [0, 0.1) is 0 Å². The summed E-state index contributed by atoms with van der Waals surface area (Å²) in [6.07, 6.45) is 1.79. The SMILES string of the molecule is COC(=O)N1CC[C@@H](O[Si](C(C)C)(C(C)C)C(C)C)C[C@H]1C=O. The molecule has 1 saturated heterocycles. The monoisotopic (exact) mass is 343 g/mol. The van der Waals surface area contributed by atoms with Gasteiger partial charge in [-0.3, -0.25) is 4.90 Å². The van der Waals surface area contributed by atoms with Crippen LogP contribution in [0.1, 0.15) is 54.4 Å². The summed E-state index contributed by atoms with van der Waals surface area (Å²) in [5.41, 5.74) is 1.53. The molecule has 0 N–H and O–H groups in total. The Labute approximate surface area is 141 Å². The number of carbonyl (C=O) groups excluding carboxylic acids is 2. The fraction of sp³-hybridized carbons (Fsp3) is 0.882. The molecule has 1 aliphatic rings. The minimum absolute atomic E-state index is 0.0463. The van der Waals surface area contributed by atoms with Crippen molar-refractivity contribution in [1.29, 1.82) is 0 Å². The van der Waals surface area contributed by atoms with E-state index in [0.717, 1.165) is 12.7 Å². The second-order valence-corrected chi connectivity index (χ2v) is 12.9. The van der Waals surface area contributed by atoms with Gasteiger partial charge in [0.25, 0.3) is 0 Å². The van der Waals surface area contributed by atoms with E-state index in [0.29, 0.717) is 29.6 Å². The molecule has 0 unspecified atom stereocenters. The number of piperidine rings is 1. The van der Waals surface area contributed by atoms with Crippen LogP contribution < -0.4 is 0 Å². The summed E-state index contributed by atoms with van der Waals surface area (Å²) < 4.78 is 11.5. The van der Waals surface area contributed by atoms with Gasteiger partial charge in [0.2, 0.25) is 8.32 Å². The second-order valence-electron chi connectivity index (χ2n) is 7.45. The third-order valence-electron chi connectivity index (χ3n) is 5.24. The Morgan fingerprint density at radius 1 is 1.13 bits per heavy atom. The van der Waals surface area contributed by atoms with Crippen molar-refractivity contribution in [3.05, 3.63) is 0 Å². The van der Waals surface area contributed by atoms with Crippen molar-refractivity contribution in [2.75, 3.05) is 13.7 Å². The van der Waals surface area contributed by atoms with E-state index in [1.807, 2.05) is 0 Å². The minimum atomic E-state index is -1.97. The topological polar surface area (TPSA) is 55.8 Å². The Bertz CT molecular complexity index is 390. The van der Waals surface area contributed by atoms with Crippen LogP contribution in [0.25, 0.3) is 0 Å². The number of amides is 1. The molecule has 1 heterocycles. The molecule has 0 aromatic carbocycles. The molecule has 0 saturated carbocycles. The Kier molecular flexibility index (Phi) is 7.26. The fourth-order valence-electron chi connectivity index (χ4n) is 4.24. The van der Waals surface area contributed by atoms with Crippen LogP contribution in [0.4, 0.5) is 4.79 Å². The van der Waals surface area contributed by atoms with Gasteiger partial charge in [-0.05, 0) is 29.5 Å². The van der Waals surface area contributed by atoms with Crippen molar-refractivity contribution in [2.24, 2.45) is 0 Å². The highest BCUT2D eigenvalue weighted by atomic mass is 28.4. The number of aldehydes is 1. The number of rotatable bonds is 6. The van der Waals surface area contributed by atoms with E-state index in [1.54, 1.807) is 0 Å². The van der Waals surface area contributed by atoms with E-state index >= 15 is 0 Å². The highest BCUT2D eigenvalue weighted by molar-refractivity contribution is 6.77. The van der Waals surface area contributed by atoms with E-state index in [4.69, 9.17) is 9.16 Å². The molecule has 1 rings (SSSR count). The predicted octanol–water partition coefficient (Wildman–Crippen LogP) is 3.98. The van der Waals surface area contributed by atoms with Crippen molar-refractivity contribution in [3.8, 4) is 0 Å². The van der Waals surface area contributed by atoms with Gasteiger partial charge in [0, 0.05) is 12.6 Å². The maximum Gasteiger partial charge on any atom is 0.410 e. The zero-order valence-electron chi connectivity index (χ0n) is 15.7. The van der Waals surface area contributed by atoms with E-state index in [9.17, 15) is 9.59 Å². The summed E-state index contributed by atoms with van der Waals surface area (Å²) in [7, 11) is -0.617. The van der Waals surface area contributed by atoms with Crippen molar-refractivity contribution >= 4 is 20.7 Å². The zero-order chi connectivity index (χ0) is 17.8. The molecule has 0 bridgehead atoms. The largest absolute Gasteiger partial charge is 0.453 e. The molecule has 0 radical (unpaired) electrons. The lowest BCUT2D eigenvalue weighted by Crippen LogP contribution is -2.55. The lowest BCUT2D eigenvalue weighted by molar-refractivity contribution is -0.114. The summed E-state index contributed by atoms with van der Waals surface area (Å²) in [6, 6.07) is -0.445. The smallest absolute Gasteiger partial charge is 0.410 e. The van der Waals surface area contributed by atoms with Crippen LogP contribution in [-0.4, -0.2) is 51.4 Å². The van der Waals surface area contributed by atoms with Crippen LogP contribution >= 0.6 is 0 Å². The number of likely N-dealkylation sites (tertiary alicyclic amines) is 1. The number of ether oxygens (including phenoxy) is 1. The van der Waals surface area contributed by atoms with Crippen molar-refractivity contribution in [2.45, 2.75) is 83.2 Å². The quantitative estimate of drug-likeness (QED) is 0.541. The third-order valence-corrected chi connectivity index (χ3v) is 11.4. The first-order chi connectivity index (χ1) is 10.7. The predicted molar refractivity (Wildman–Crippen MR) is 94.1 cm³/mol. The summed E-state index contributed by atoms with van der Waals surface area (Å²) >= 11 is 0. The maximum absolute atomic E-state index is 11.8.